The first-order chi connectivity index (χ1) is 10.1. The highest BCUT2D eigenvalue weighted by molar-refractivity contribution is 8.14. The number of carboxylic acid groups (broad SMARTS) is 1. The minimum Gasteiger partial charge on any atom is -0.481 e. The van der Waals surface area contributed by atoms with E-state index < -0.39 is 12.1 Å². The van der Waals surface area contributed by atoms with E-state index in [1.54, 1.807) is 6.92 Å². The van der Waals surface area contributed by atoms with Crippen LogP contribution >= 0.6 is 11.8 Å². The van der Waals surface area contributed by atoms with Gasteiger partial charge in [-0.05, 0) is 31.1 Å². The molecule has 0 heterocycles. The summed E-state index contributed by atoms with van der Waals surface area (Å²) < 4.78 is 10.1. The van der Waals surface area contributed by atoms with Gasteiger partial charge in [0.05, 0.1) is 13.2 Å². The van der Waals surface area contributed by atoms with Crippen LogP contribution in [-0.2, 0) is 14.3 Å². The van der Waals surface area contributed by atoms with Gasteiger partial charge in [0.2, 0.25) is 0 Å². The SMILES string of the molecule is CCOC(=O)N=C(OCCC(C)CC(C)(C)C)SCC(=O)O. The molecule has 0 bridgehead atoms. The highest BCUT2D eigenvalue weighted by Crippen LogP contribution is 2.26. The van der Waals surface area contributed by atoms with Crippen LogP contribution in [0.1, 0.15) is 47.5 Å². The van der Waals surface area contributed by atoms with E-state index in [4.69, 9.17) is 14.6 Å². The van der Waals surface area contributed by atoms with Crippen molar-refractivity contribution in [2.75, 3.05) is 19.0 Å². The van der Waals surface area contributed by atoms with E-state index in [9.17, 15) is 9.59 Å². The van der Waals surface area contributed by atoms with E-state index in [2.05, 4.69) is 32.7 Å². The summed E-state index contributed by atoms with van der Waals surface area (Å²) in [6.07, 6.45) is 1.11. The Labute approximate surface area is 136 Å². The zero-order valence-corrected chi connectivity index (χ0v) is 14.9. The van der Waals surface area contributed by atoms with Crippen LogP contribution in [0.5, 0.6) is 0 Å². The van der Waals surface area contributed by atoms with Gasteiger partial charge < -0.3 is 14.6 Å². The van der Waals surface area contributed by atoms with Crippen LogP contribution in [-0.4, -0.2) is 41.4 Å². The lowest BCUT2D eigenvalue weighted by Crippen LogP contribution is -2.15. The van der Waals surface area contributed by atoms with Gasteiger partial charge in [-0.15, -0.1) is 4.99 Å². The fraction of sp³-hybridized carbons (Fsp3) is 0.800. The number of aliphatic carboxylic acids is 1. The molecular weight excluding hydrogens is 306 g/mol. The lowest BCUT2D eigenvalue weighted by atomic mass is 9.84. The molecule has 0 aromatic heterocycles. The van der Waals surface area contributed by atoms with E-state index in [-0.39, 0.29) is 23.0 Å². The molecule has 0 aromatic rings. The molecule has 6 nitrogen and oxygen atoms in total. The Morgan fingerprint density at radius 3 is 2.41 bits per heavy atom. The number of nitrogens with zero attached hydrogens (tertiary/aromatic N) is 1. The third-order valence-corrected chi connectivity index (χ3v) is 3.41. The van der Waals surface area contributed by atoms with Crippen LogP contribution in [0.15, 0.2) is 4.99 Å². The predicted octanol–water partition coefficient (Wildman–Crippen LogP) is 3.80. The summed E-state index contributed by atoms with van der Waals surface area (Å²) >= 11 is 0.876. The van der Waals surface area contributed by atoms with Gasteiger partial charge in [-0.1, -0.05) is 39.5 Å². The summed E-state index contributed by atoms with van der Waals surface area (Å²) in [5, 5.41) is 8.74. The maximum Gasteiger partial charge on any atom is 0.437 e. The number of ether oxygens (including phenoxy) is 2. The monoisotopic (exact) mass is 333 g/mol. The average molecular weight is 333 g/mol. The van der Waals surface area contributed by atoms with E-state index >= 15 is 0 Å². The maximum absolute atomic E-state index is 11.3. The highest BCUT2D eigenvalue weighted by atomic mass is 32.2. The molecule has 1 atom stereocenters. The Bertz CT molecular complexity index is 390. The van der Waals surface area contributed by atoms with Crippen LogP contribution in [0, 0.1) is 11.3 Å². The van der Waals surface area contributed by atoms with Crippen molar-refractivity contribution in [1.82, 2.24) is 0 Å². The largest absolute Gasteiger partial charge is 0.481 e. The van der Waals surface area contributed by atoms with Gasteiger partial charge in [0, 0.05) is 0 Å². The van der Waals surface area contributed by atoms with Crippen molar-refractivity contribution in [1.29, 1.82) is 0 Å². The molecule has 0 aliphatic carbocycles. The van der Waals surface area contributed by atoms with E-state index in [0.717, 1.165) is 24.6 Å². The molecule has 1 N–H and O–H groups in total. The Balaban J connectivity index is 4.39. The number of carbonyl (C=O) groups excluding carboxylic acids is 1. The molecule has 0 saturated carbocycles. The Morgan fingerprint density at radius 2 is 1.91 bits per heavy atom. The Hall–Kier alpha value is -1.24. The van der Waals surface area contributed by atoms with Gasteiger partial charge in [0.25, 0.3) is 5.23 Å². The Kier molecular flexibility index (Phi) is 9.89. The van der Waals surface area contributed by atoms with Gasteiger partial charge in [-0.3, -0.25) is 4.79 Å². The second kappa shape index (κ2) is 10.5. The molecule has 0 aromatic carbocycles. The third kappa shape index (κ3) is 12.5. The first kappa shape index (κ1) is 20.8. The zero-order valence-electron chi connectivity index (χ0n) is 14.0. The molecule has 0 saturated heterocycles. The number of hydrogen-bond donors (Lipinski definition) is 1. The van der Waals surface area contributed by atoms with E-state index in [1.165, 1.54) is 0 Å². The van der Waals surface area contributed by atoms with Gasteiger partial charge in [0.1, 0.15) is 5.75 Å². The number of rotatable bonds is 7. The number of amides is 1. The molecule has 7 heteroatoms. The van der Waals surface area contributed by atoms with E-state index in [1.807, 2.05) is 0 Å². The van der Waals surface area contributed by atoms with Crippen molar-refractivity contribution < 1.29 is 24.2 Å². The van der Waals surface area contributed by atoms with E-state index in [0.29, 0.717) is 12.5 Å². The van der Waals surface area contributed by atoms with Gasteiger partial charge >= 0.3 is 12.1 Å². The molecule has 128 valence electrons. The summed E-state index contributed by atoms with van der Waals surface area (Å²) in [4.78, 5) is 25.6. The lowest BCUT2D eigenvalue weighted by molar-refractivity contribution is -0.133. The topological polar surface area (TPSA) is 85.2 Å². The zero-order chi connectivity index (χ0) is 17.2. The minimum absolute atomic E-state index is 0.0452. The lowest BCUT2D eigenvalue weighted by Gasteiger charge is -2.23. The summed E-state index contributed by atoms with van der Waals surface area (Å²) in [7, 11) is 0. The molecule has 0 rings (SSSR count). The number of hydrogen-bond acceptors (Lipinski definition) is 5. The van der Waals surface area contributed by atoms with Crippen molar-refractivity contribution in [3.63, 3.8) is 0 Å². The second-order valence-corrected chi connectivity index (χ2v) is 7.19. The van der Waals surface area contributed by atoms with Crippen molar-refractivity contribution in [2.24, 2.45) is 16.3 Å². The fourth-order valence-corrected chi connectivity index (χ4v) is 2.51. The van der Waals surface area contributed by atoms with Crippen molar-refractivity contribution >= 4 is 29.1 Å². The molecule has 1 amide bonds. The first-order valence-corrected chi connectivity index (χ1v) is 8.35. The molecular formula is C15H27NO5S. The number of thioether (sulfide) groups is 1. The average Bonchev–Trinajstić information content (AvgIpc) is 2.33. The predicted molar refractivity (Wildman–Crippen MR) is 88.4 cm³/mol. The van der Waals surface area contributed by atoms with Crippen LogP contribution in [0.2, 0.25) is 0 Å². The van der Waals surface area contributed by atoms with Crippen molar-refractivity contribution in [3.05, 3.63) is 0 Å². The van der Waals surface area contributed by atoms with Crippen molar-refractivity contribution in [2.45, 2.75) is 47.5 Å². The summed E-state index contributed by atoms with van der Waals surface area (Å²) in [6, 6.07) is 0. The molecule has 0 aliphatic rings. The second-order valence-electron chi connectivity index (χ2n) is 6.27. The minimum atomic E-state index is -0.994. The van der Waals surface area contributed by atoms with Crippen LogP contribution in [0.25, 0.3) is 0 Å². The number of aliphatic imine (C=N–C) groups is 1. The van der Waals surface area contributed by atoms with Crippen LogP contribution in [0.4, 0.5) is 4.79 Å². The van der Waals surface area contributed by atoms with Crippen LogP contribution in [0.3, 0.4) is 0 Å². The van der Waals surface area contributed by atoms with Gasteiger partial charge in [-0.2, -0.15) is 0 Å². The molecule has 0 radical (unpaired) electrons. The number of carboxylic acids is 1. The maximum atomic E-state index is 11.3. The molecule has 1 unspecified atom stereocenters. The third-order valence-electron chi connectivity index (χ3n) is 2.57. The molecule has 0 fully saturated rings. The highest BCUT2D eigenvalue weighted by Gasteiger charge is 2.16. The molecule has 22 heavy (non-hydrogen) atoms. The first-order valence-electron chi connectivity index (χ1n) is 7.37. The fourth-order valence-electron chi connectivity index (χ4n) is 1.95. The smallest absolute Gasteiger partial charge is 0.437 e. The summed E-state index contributed by atoms with van der Waals surface area (Å²) in [5.41, 5.74) is 0.249. The molecule has 0 aliphatic heterocycles. The van der Waals surface area contributed by atoms with Crippen molar-refractivity contribution in [3.8, 4) is 0 Å². The van der Waals surface area contributed by atoms with Gasteiger partial charge in [-0.25, -0.2) is 4.79 Å². The Morgan fingerprint density at radius 1 is 1.27 bits per heavy atom. The van der Waals surface area contributed by atoms with Crippen LogP contribution < -0.4 is 0 Å². The normalized spacial score (nSPS) is 13.6. The number of carbonyl (C=O) groups is 2. The standard InChI is InChI=1S/C15H27NO5S/c1-6-20-13(19)16-14(22-10-12(17)18)21-8-7-11(2)9-15(3,4)5/h11H,6-10H2,1-5H3,(H,17,18). The van der Waals surface area contributed by atoms with Gasteiger partial charge in [0.15, 0.2) is 0 Å². The molecule has 0 spiro atoms. The summed E-state index contributed by atoms with van der Waals surface area (Å²) in [5.74, 6) is -0.741. The quantitative estimate of drug-likeness (QED) is 0.563. The summed E-state index contributed by atoms with van der Waals surface area (Å²) in [6.45, 7) is 11.0.